The van der Waals surface area contributed by atoms with Gasteiger partial charge in [-0.15, -0.1) is 11.8 Å². The highest BCUT2D eigenvalue weighted by atomic mass is 32.2. The van der Waals surface area contributed by atoms with Crippen molar-refractivity contribution in [3.8, 4) is 0 Å². The number of rotatable bonds is 10. The van der Waals surface area contributed by atoms with Gasteiger partial charge in [0.1, 0.15) is 4.75 Å². The predicted molar refractivity (Wildman–Crippen MR) is 86.0 cm³/mol. The monoisotopic (exact) mass is 326 g/mol. The third kappa shape index (κ3) is 14.2. The van der Waals surface area contributed by atoms with E-state index in [2.05, 4.69) is 12.2 Å². The van der Waals surface area contributed by atoms with Crippen LogP contribution in [0.1, 0.15) is 39.5 Å². The number of carbonyl (C=O) groups is 1. The number of carbonyl (C=O) groups excluding carboxylic acids is 1. The van der Waals surface area contributed by atoms with E-state index in [1.807, 2.05) is 0 Å². The lowest BCUT2D eigenvalue weighted by Gasteiger charge is -2.19. The molecule has 0 rings (SSSR count). The molecule has 0 aliphatic heterocycles. The quantitative estimate of drug-likeness (QED) is 0.319. The molecule has 3 N–H and O–H groups in total. The first kappa shape index (κ1) is 22.1. The molecule has 0 fully saturated rings. The van der Waals surface area contributed by atoms with Gasteiger partial charge in [-0.25, -0.2) is 0 Å². The van der Waals surface area contributed by atoms with Gasteiger partial charge < -0.3 is 20.1 Å². The van der Waals surface area contributed by atoms with Crippen molar-refractivity contribution in [2.45, 2.75) is 44.3 Å². The average Bonchev–Trinajstić information content (AvgIpc) is 2.41. The minimum absolute atomic E-state index is 0.135. The lowest BCUT2D eigenvalue weighted by atomic mass is 10.2. The Bertz CT molecular complexity index is 243. The molecule has 20 heavy (non-hydrogen) atoms. The minimum Gasteiger partial charge on any atom is -0.465 e. The van der Waals surface area contributed by atoms with E-state index >= 15 is 0 Å². The first-order valence-corrected chi connectivity index (χ1v) is 7.92. The molecule has 5 nitrogen and oxygen atoms in total. The summed E-state index contributed by atoms with van der Waals surface area (Å²) in [7, 11) is 0. The number of esters is 1. The van der Waals surface area contributed by atoms with Gasteiger partial charge in [-0.2, -0.15) is 0 Å². The molecule has 0 aromatic carbocycles. The Kier molecular flexibility index (Phi) is 16.8. The third-order valence-corrected chi connectivity index (χ3v) is 3.33. The molecule has 0 aromatic heterocycles. The topological polar surface area (TPSA) is 87.0 Å². The molecular formula is C13H26O5S2. The van der Waals surface area contributed by atoms with Gasteiger partial charge in [0.15, 0.2) is 0 Å². The summed E-state index contributed by atoms with van der Waals surface area (Å²) < 4.78 is 5.88. The van der Waals surface area contributed by atoms with Crippen molar-refractivity contribution >= 4 is 34.6 Å². The summed E-state index contributed by atoms with van der Waals surface area (Å²) in [6.45, 7) is 4.43. The Morgan fingerprint density at radius 2 is 1.55 bits per heavy atom. The van der Waals surface area contributed by atoms with Crippen LogP contribution in [0.25, 0.3) is 0 Å². The van der Waals surface area contributed by atoms with Crippen molar-refractivity contribution < 1.29 is 24.9 Å². The van der Waals surface area contributed by atoms with E-state index in [9.17, 15) is 4.79 Å². The number of hydrogen-bond donors (Lipinski definition) is 3. The van der Waals surface area contributed by atoms with Gasteiger partial charge in [-0.1, -0.05) is 12.2 Å². The van der Waals surface area contributed by atoms with Crippen LogP contribution in [-0.4, -0.2) is 57.2 Å². The highest BCUT2D eigenvalue weighted by Gasteiger charge is 2.28. The van der Waals surface area contributed by atoms with Crippen molar-refractivity contribution in [3.05, 3.63) is 0 Å². The van der Waals surface area contributed by atoms with Gasteiger partial charge in [0.2, 0.25) is 0 Å². The maximum Gasteiger partial charge on any atom is 0.322 e. The molecule has 0 heterocycles. The van der Waals surface area contributed by atoms with Gasteiger partial charge >= 0.3 is 5.97 Å². The van der Waals surface area contributed by atoms with E-state index in [1.165, 1.54) is 16.5 Å². The number of aliphatic hydroxyl groups excluding tert-OH is 3. The van der Waals surface area contributed by atoms with Gasteiger partial charge in [0.05, 0.1) is 6.61 Å². The second kappa shape index (κ2) is 15.2. The van der Waals surface area contributed by atoms with E-state index < -0.39 is 4.75 Å². The van der Waals surface area contributed by atoms with Crippen LogP contribution in [0, 0.1) is 0 Å². The van der Waals surface area contributed by atoms with Crippen molar-refractivity contribution in [1.82, 2.24) is 0 Å². The Balaban J connectivity index is 0. The standard InChI is InChI=1S/C9H16O3S2.C4H10O2/c1-9(2,14-7-13)8(11)12-6-4-3-5-10;5-3-1-2-4-6/h7,10H,3-6H2,1-2H3;5-6H,1-4H2. The van der Waals surface area contributed by atoms with Crippen LogP contribution >= 0.6 is 24.0 Å². The summed E-state index contributed by atoms with van der Waals surface area (Å²) in [4.78, 5) is 11.4. The second-order valence-corrected chi connectivity index (χ2v) is 6.47. The molecule has 0 amide bonds. The highest BCUT2D eigenvalue weighted by Crippen LogP contribution is 2.23. The minimum atomic E-state index is -0.610. The van der Waals surface area contributed by atoms with E-state index in [0.717, 1.165) is 12.8 Å². The van der Waals surface area contributed by atoms with E-state index in [4.69, 9.17) is 20.1 Å². The van der Waals surface area contributed by atoms with Crippen molar-refractivity contribution in [3.63, 3.8) is 0 Å². The summed E-state index contributed by atoms with van der Waals surface area (Å²) in [6.07, 6.45) is 2.79. The largest absolute Gasteiger partial charge is 0.465 e. The highest BCUT2D eigenvalue weighted by molar-refractivity contribution is 8.22. The molecule has 0 aliphatic rings. The fourth-order valence-corrected chi connectivity index (χ4v) is 2.06. The molecule has 0 saturated carbocycles. The summed E-state index contributed by atoms with van der Waals surface area (Å²) in [5.41, 5.74) is 0. The van der Waals surface area contributed by atoms with Gasteiger partial charge in [-0.3, -0.25) is 4.79 Å². The Morgan fingerprint density at radius 3 is 1.95 bits per heavy atom. The fraction of sp³-hybridized carbons (Fsp3) is 0.846. The lowest BCUT2D eigenvalue weighted by molar-refractivity contribution is -0.145. The van der Waals surface area contributed by atoms with Crippen LogP contribution in [0.4, 0.5) is 0 Å². The zero-order valence-electron chi connectivity index (χ0n) is 12.2. The second-order valence-electron chi connectivity index (χ2n) is 4.45. The lowest BCUT2D eigenvalue weighted by Crippen LogP contribution is -2.30. The molecule has 0 bridgehead atoms. The van der Waals surface area contributed by atoms with E-state index in [0.29, 0.717) is 19.4 Å². The molecule has 0 aliphatic carbocycles. The number of ether oxygens (including phenoxy) is 1. The molecule has 120 valence electrons. The SMILES string of the molecule is CC(C)(SC=S)C(=O)OCCCCO.OCCCCO. The van der Waals surface area contributed by atoms with Crippen molar-refractivity contribution in [2.24, 2.45) is 0 Å². The fourth-order valence-electron chi connectivity index (χ4n) is 0.945. The smallest absolute Gasteiger partial charge is 0.322 e. The van der Waals surface area contributed by atoms with Crippen LogP contribution in [0.2, 0.25) is 0 Å². The van der Waals surface area contributed by atoms with Gasteiger partial charge in [0, 0.05) is 24.5 Å². The van der Waals surface area contributed by atoms with Crippen molar-refractivity contribution in [1.29, 1.82) is 0 Å². The average molecular weight is 326 g/mol. The summed E-state index contributed by atoms with van der Waals surface area (Å²) in [5.74, 6) is -0.262. The number of thiocarbonyl (C=S) groups is 1. The zero-order valence-corrected chi connectivity index (χ0v) is 13.8. The Hall–Kier alpha value is -0.210. The van der Waals surface area contributed by atoms with Crippen LogP contribution < -0.4 is 0 Å². The first-order valence-electron chi connectivity index (χ1n) is 6.57. The van der Waals surface area contributed by atoms with Crippen LogP contribution in [-0.2, 0) is 9.53 Å². The zero-order chi connectivity index (χ0) is 15.9. The Labute approximate surface area is 130 Å². The molecule has 0 aromatic rings. The maximum atomic E-state index is 11.4. The maximum absolute atomic E-state index is 11.4. The number of aliphatic hydroxyl groups is 3. The molecule has 0 spiro atoms. The van der Waals surface area contributed by atoms with Crippen LogP contribution in [0.5, 0.6) is 0 Å². The molecule has 7 heteroatoms. The predicted octanol–water partition coefficient (Wildman–Crippen LogP) is 1.52. The molecule has 0 atom stereocenters. The Morgan fingerprint density at radius 1 is 1.10 bits per heavy atom. The van der Waals surface area contributed by atoms with Crippen LogP contribution in [0.15, 0.2) is 0 Å². The summed E-state index contributed by atoms with van der Waals surface area (Å²) in [6, 6.07) is 0. The van der Waals surface area contributed by atoms with Crippen LogP contribution in [0.3, 0.4) is 0 Å². The molecule has 0 radical (unpaired) electrons. The van der Waals surface area contributed by atoms with E-state index in [1.54, 1.807) is 13.8 Å². The third-order valence-electron chi connectivity index (χ3n) is 2.19. The van der Waals surface area contributed by atoms with Gasteiger partial charge in [0.25, 0.3) is 0 Å². The first-order chi connectivity index (χ1) is 9.46. The number of unbranched alkanes of at least 4 members (excludes halogenated alkanes) is 2. The van der Waals surface area contributed by atoms with Gasteiger partial charge in [-0.05, 0) is 39.5 Å². The number of thioether (sulfide) groups is 1. The summed E-state index contributed by atoms with van der Waals surface area (Å²) in [5, 5.41) is 24.7. The normalized spacial score (nSPS) is 10.4. The molecular weight excluding hydrogens is 300 g/mol. The summed E-state index contributed by atoms with van der Waals surface area (Å²) >= 11 is 5.94. The van der Waals surface area contributed by atoms with Crippen molar-refractivity contribution in [2.75, 3.05) is 26.4 Å². The number of hydrogen-bond acceptors (Lipinski definition) is 7. The van der Waals surface area contributed by atoms with E-state index in [-0.39, 0.29) is 25.8 Å². The molecule has 0 saturated heterocycles. The molecule has 0 unspecified atom stereocenters.